The van der Waals surface area contributed by atoms with E-state index in [0.717, 1.165) is 25.7 Å². The maximum Gasteiger partial charge on any atom is 0.227 e. The van der Waals surface area contributed by atoms with Crippen LogP contribution in [0, 0.1) is 11.8 Å². The normalized spacial score (nSPS) is 35.4. The molecule has 2 amide bonds. The van der Waals surface area contributed by atoms with Crippen LogP contribution in [0.3, 0.4) is 0 Å². The third-order valence-electron chi connectivity index (χ3n) is 3.93. The summed E-state index contributed by atoms with van der Waals surface area (Å²) in [6.45, 7) is 0. The zero-order chi connectivity index (χ0) is 13.1. The highest BCUT2D eigenvalue weighted by Crippen LogP contribution is 2.25. The van der Waals surface area contributed by atoms with E-state index in [2.05, 4.69) is 5.32 Å². The van der Waals surface area contributed by atoms with Crippen molar-refractivity contribution in [2.45, 2.75) is 44.2 Å². The predicted molar refractivity (Wildman–Crippen MR) is 68.3 cm³/mol. The summed E-state index contributed by atoms with van der Waals surface area (Å²) in [6.07, 6.45) is 7.69. The summed E-state index contributed by atoms with van der Waals surface area (Å²) in [5, 5.41) is 3.04. The molecule has 2 atom stereocenters. The van der Waals surface area contributed by atoms with Gasteiger partial charge < -0.3 is 16.8 Å². The van der Waals surface area contributed by atoms with Crippen LogP contribution in [-0.2, 0) is 9.59 Å². The number of hydrogen-bond donors (Lipinski definition) is 3. The van der Waals surface area contributed by atoms with Gasteiger partial charge in [-0.25, -0.2) is 0 Å². The van der Waals surface area contributed by atoms with Crippen LogP contribution in [0.5, 0.6) is 0 Å². The minimum atomic E-state index is -0.218. The zero-order valence-electron chi connectivity index (χ0n) is 10.5. The lowest BCUT2D eigenvalue weighted by Crippen LogP contribution is -2.42. The number of hydrogen-bond acceptors (Lipinski definition) is 3. The number of amides is 2. The average Bonchev–Trinajstić information content (AvgIpc) is 2.76. The molecule has 1 fully saturated rings. The van der Waals surface area contributed by atoms with E-state index in [0.29, 0.717) is 6.42 Å². The van der Waals surface area contributed by atoms with Crippen LogP contribution in [0.2, 0.25) is 0 Å². The summed E-state index contributed by atoms with van der Waals surface area (Å²) >= 11 is 0. The van der Waals surface area contributed by atoms with Crippen LogP contribution in [0.1, 0.15) is 32.1 Å². The standard InChI is InChI=1S/C13H21N3O2/c14-10-4-1-9(7-10)13(18)16-11-5-2-8(3-6-11)12(15)17/h1,4,8-11H,2-3,5-7,14H2,(H2,15,17)(H,16,18). The second-order valence-electron chi connectivity index (χ2n) is 5.35. The molecular formula is C13H21N3O2. The van der Waals surface area contributed by atoms with E-state index in [4.69, 9.17) is 11.5 Å². The van der Waals surface area contributed by atoms with E-state index in [1.807, 2.05) is 12.2 Å². The smallest absolute Gasteiger partial charge is 0.227 e. The Bertz CT molecular complexity index is 359. The van der Waals surface area contributed by atoms with Gasteiger partial charge in [-0.05, 0) is 32.1 Å². The van der Waals surface area contributed by atoms with E-state index < -0.39 is 0 Å². The van der Waals surface area contributed by atoms with Gasteiger partial charge in [-0.3, -0.25) is 9.59 Å². The van der Waals surface area contributed by atoms with Gasteiger partial charge in [-0.15, -0.1) is 0 Å². The SMILES string of the molecule is NC(=O)C1CCC(NC(=O)C2C=CC(N)C2)CC1. The highest BCUT2D eigenvalue weighted by atomic mass is 16.2. The third kappa shape index (κ3) is 3.10. The van der Waals surface area contributed by atoms with Crippen molar-refractivity contribution in [2.24, 2.45) is 23.3 Å². The van der Waals surface area contributed by atoms with Crippen LogP contribution >= 0.6 is 0 Å². The molecule has 0 aliphatic heterocycles. The predicted octanol–water partition coefficient (Wildman–Crippen LogP) is 0.0501. The number of carbonyl (C=O) groups excluding carboxylic acids is 2. The molecule has 2 unspecified atom stereocenters. The fraction of sp³-hybridized carbons (Fsp3) is 0.692. The van der Waals surface area contributed by atoms with Crippen LogP contribution in [0.25, 0.3) is 0 Å². The molecule has 0 aromatic heterocycles. The maximum atomic E-state index is 12.0. The topological polar surface area (TPSA) is 98.2 Å². The van der Waals surface area contributed by atoms with Crippen molar-refractivity contribution in [1.29, 1.82) is 0 Å². The molecule has 1 saturated carbocycles. The van der Waals surface area contributed by atoms with E-state index in [1.165, 1.54) is 0 Å². The van der Waals surface area contributed by atoms with Gasteiger partial charge in [0.1, 0.15) is 0 Å². The largest absolute Gasteiger partial charge is 0.369 e. The Labute approximate surface area is 107 Å². The van der Waals surface area contributed by atoms with E-state index in [9.17, 15) is 9.59 Å². The molecule has 5 N–H and O–H groups in total. The van der Waals surface area contributed by atoms with E-state index >= 15 is 0 Å². The molecule has 2 aliphatic carbocycles. The summed E-state index contributed by atoms with van der Waals surface area (Å²) in [5.41, 5.74) is 11.0. The van der Waals surface area contributed by atoms with Crippen molar-refractivity contribution >= 4 is 11.8 Å². The third-order valence-corrected chi connectivity index (χ3v) is 3.93. The highest BCUT2D eigenvalue weighted by molar-refractivity contribution is 5.81. The molecule has 0 aromatic carbocycles. The first-order valence-electron chi connectivity index (χ1n) is 6.60. The summed E-state index contributed by atoms with van der Waals surface area (Å²) in [5.74, 6) is -0.266. The number of nitrogens with one attached hydrogen (secondary N) is 1. The average molecular weight is 251 g/mol. The van der Waals surface area contributed by atoms with Gasteiger partial charge in [0.05, 0.1) is 5.92 Å². The molecule has 100 valence electrons. The highest BCUT2D eigenvalue weighted by Gasteiger charge is 2.28. The Balaban J connectivity index is 1.76. The number of carbonyl (C=O) groups is 2. The quantitative estimate of drug-likeness (QED) is 0.618. The van der Waals surface area contributed by atoms with Crippen LogP contribution in [-0.4, -0.2) is 23.9 Å². The summed E-state index contributed by atoms with van der Waals surface area (Å²) in [7, 11) is 0. The fourth-order valence-corrected chi connectivity index (χ4v) is 2.75. The van der Waals surface area contributed by atoms with E-state index in [1.54, 1.807) is 0 Å². The lowest BCUT2D eigenvalue weighted by molar-refractivity contribution is -0.124. The van der Waals surface area contributed by atoms with Crippen molar-refractivity contribution in [3.8, 4) is 0 Å². The first-order chi connectivity index (χ1) is 8.56. The molecule has 18 heavy (non-hydrogen) atoms. The van der Waals surface area contributed by atoms with Crippen LogP contribution < -0.4 is 16.8 Å². The maximum absolute atomic E-state index is 12.0. The van der Waals surface area contributed by atoms with Gasteiger partial charge in [0, 0.05) is 18.0 Å². The van der Waals surface area contributed by atoms with Crippen molar-refractivity contribution < 1.29 is 9.59 Å². The second kappa shape index (κ2) is 5.52. The lowest BCUT2D eigenvalue weighted by atomic mass is 9.85. The van der Waals surface area contributed by atoms with Crippen molar-refractivity contribution in [3.63, 3.8) is 0 Å². The minimum absolute atomic E-state index is 0.00588. The van der Waals surface area contributed by atoms with Gasteiger partial charge in [0.25, 0.3) is 0 Å². The number of primary amides is 1. The van der Waals surface area contributed by atoms with Gasteiger partial charge in [-0.2, -0.15) is 0 Å². The minimum Gasteiger partial charge on any atom is -0.369 e. The van der Waals surface area contributed by atoms with Gasteiger partial charge in [0.2, 0.25) is 11.8 Å². The number of rotatable bonds is 3. The van der Waals surface area contributed by atoms with Crippen LogP contribution in [0.15, 0.2) is 12.2 Å². The molecule has 2 rings (SSSR count). The van der Waals surface area contributed by atoms with E-state index in [-0.39, 0.29) is 35.7 Å². The fourth-order valence-electron chi connectivity index (χ4n) is 2.75. The molecular weight excluding hydrogens is 230 g/mol. The molecule has 0 aromatic rings. The number of nitrogens with two attached hydrogens (primary N) is 2. The molecule has 0 radical (unpaired) electrons. The Hall–Kier alpha value is -1.36. The van der Waals surface area contributed by atoms with Crippen molar-refractivity contribution in [2.75, 3.05) is 0 Å². The summed E-state index contributed by atoms with van der Waals surface area (Å²) in [6, 6.07) is 0.185. The molecule has 5 heteroatoms. The second-order valence-corrected chi connectivity index (χ2v) is 5.35. The monoisotopic (exact) mass is 251 g/mol. The molecule has 0 bridgehead atoms. The van der Waals surface area contributed by atoms with Crippen LogP contribution in [0.4, 0.5) is 0 Å². The molecule has 0 saturated heterocycles. The Morgan fingerprint density at radius 2 is 1.78 bits per heavy atom. The van der Waals surface area contributed by atoms with Crippen molar-refractivity contribution in [1.82, 2.24) is 5.32 Å². The summed E-state index contributed by atoms with van der Waals surface area (Å²) < 4.78 is 0. The zero-order valence-corrected chi connectivity index (χ0v) is 10.5. The first kappa shape index (κ1) is 13.1. The Kier molecular flexibility index (Phi) is 4.01. The Morgan fingerprint density at radius 3 is 2.28 bits per heavy atom. The lowest BCUT2D eigenvalue weighted by Gasteiger charge is -2.28. The molecule has 2 aliphatic rings. The first-order valence-corrected chi connectivity index (χ1v) is 6.60. The van der Waals surface area contributed by atoms with Gasteiger partial charge in [0.15, 0.2) is 0 Å². The molecule has 0 spiro atoms. The van der Waals surface area contributed by atoms with Gasteiger partial charge in [-0.1, -0.05) is 12.2 Å². The van der Waals surface area contributed by atoms with Gasteiger partial charge >= 0.3 is 0 Å². The molecule has 0 heterocycles. The Morgan fingerprint density at radius 1 is 1.11 bits per heavy atom. The molecule has 5 nitrogen and oxygen atoms in total. The van der Waals surface area contributed by atoms with Crippen molar-refractivity contribution in [3.05, 3.63) is 12.2 Å². The summed E-state index contributed by atoms with van der Waals surface area (Å²) in [4.78, 5) is 23.0.